The molecule has 0 bridgehead atoms. The summed E-state index contributed by atoms with van der Waals surface area (Å²) >= 11 is 0. The molecule has 50 heavy (non-hydrogen) atoms. The zero-order chi connectivity index (χ0) is 33.7. The summed E-state index contributed by atoms with van der Waals surface area (Å²) < 4.78 is 0. The van der Waals surface area contributed by atoms with Crippen LogP contribution in [0.15, 0.2) is 168 Å². The van der Waals surface area contributed by atoms with E-state index in [1.54, 1.807) is 0 Å². The van der Waals surface area contributed by atoms with Crippen molar-refractivity contribution in [2.75, 3.05) is 10.9 Å². The van der Waals surface area contributed by atoms with Gasteiger partial charge in [0.05, 0.1) is 10.6 Å². The first kappa shape index (κ1) is 29.9. The van der Waals surface area contributed by atoms with Crippen LogP contribution in [0.4, 0.5) is 11.4 Å². The number of hydrogen-bond acceptors (Lipinski definition) is 6. The number of hydrogen-bond donors (Lipinski definition) is 2. The van der Waals surface area contributed by atoms with Gasteiger partial charge in [0.2, 0.25) is 0 Å². The molecule has 3 aliphatic heterocycles. The molecule has 0 unspecified atom stereocenters. The van der Waals surface area contributed by atoms with Crippen molar-refractivity contribution >= 4 is 30.6 Å². The summed E-state index contributed by atoms with van der Waals surface area (Å²) in [5.74, 6) is 1.59. The minimum atomic E-state index is -2.64. The van der Waals surface area contributed by atoms with Crippen LogP contribution < -0.4 is 20.5 Å². The second-order valence-electron chi connectivity index (χ2n) is 13.0. The van der Waals surface area contributed by atoms with Gasteiger partial charge in [0.1, 0.15) is 11.4 Å². The van der Waals surface area contributed by atoms with Gasteiger partial charge in [0, 0.05) is 11.1 Å². The largest absolute Gasteiger partial charge is 0.358 e. The third-order valence-corrected chi connectivity index (χ3v) is 14.4. The standard InChI is InChI=1S/C43H36N4O2Si/c1-3-50(2)42(46-44-36-28-34(24-26-38(36)48-46)30-16-8-4-9-17-30)40(32-20-12-6-13-21-32)41(33-22-14-7-15-23-33)43(50)47-45-37-29-35(25-27-39(37)49-47)31-18-10-5-11-19-31/h4-29,44-45H,3H2,1-2H3. The van der Waals surface area contributed by atoms with E-state index in [0.717, 1.165) is 84.1 Å². The maximum atomic E-state index is 6.75. The first-order chi connectivity index (χ1) is 24.6. The Bertz CT molecular complexity index is 2120. The minimum absolute atomic E-state index is 0.795. The van der Waals surface area contributed by atoms with Crippen LogP contribution in [0.3, 0.4) is 0 Å². The highest BCUT2D eigenvalue weighted by atomic mass is 28.3. The maximum Gasteiger partial charge on any atom is 0.182 e. The highest BCUT2D eigenvalue weighted by molar-refractivity contribution is 6.95. The lowest BCUT2D eigenvalue weighted by Crippen LogP contribution is -2.49. The summed E-state index contributed by atoms with van der Waals surface area (Å²) in [5, 5.41) is 6.15. The Balaban J connectivity index is 1.18. The van der Waals surface area contributed by atoms with Crippen LogP contribution in [-0.2, 0) is 0 Å². The van der Waals surface area contributed by atoms with E-state index in [4.69, 9.17) is 9.68 Å². The Hall–Kier alpha value is -6.18. The van der Waals surface area contributed by atoms with Gasteiger partial charge in [0.15, 0.2) is 19.6 Å². The van der Waals surface area contributed by atoms with Crippen LogP contribution in [0.25, 0.3) is 33.4 Å². The van der Waals surface area contributed by atoms with Gasteiger partial charge < -0.3 is 9.68 Å². The molecule has 0 aliphatic carbocycles. The number of hydroxylamine groups is 2. The fraction of sp³-hybridized carbons (Fsp3) is 0.0698. The van der Waals surface area contributed by atoms with Crippen molar-refractivity contribution in [1.29, 1.82) is 0 Å². The lowest BCUT2D eigenvalue weighted by atomic mass is 9.94. The summed E-state index contributed by atoms with van der Waals surface area (Å²) in [4.78, 5) is 13.5. The topological polar surface area (TPSA) is 49.0 Å². The lowest BCUT2D eigenvalue weighted by molar-refractivity contribution is 0.0276. The van der Waals surface area contributed by atoms with Crippen molar-refractivity contribution in [1.82, 2.24) is 10.3 Å². The normalized spacial score (nSPS) is 15.6. The van der Waals surface area contributed by atoms with Crippen LogP contribution in [-0.4, -0.2) is 18.4 Å². The second kappa shape index (κ2) is 12.1. The third-order valence-electron chi connectivity index (χ3n) is 10.0. The average Bonchev–Trinajstić information content (AvgIpc) is 3.87. The molecule has 0 radical (unpaired) electrons. The second-order valence-corrected chi connectivity index (χ2v) is 17.3. The van der Waals surface area contributed by atoms with E-state index >= 15 is 0 Å². The Kier molecular flexibility index (Phi) is 7.21. The molecule has 3 aliphatic rings. The number of nitrogens with zero attached hydrogens (tertiary/aromatic N) is 2. The van der Waals surface area contributed by atoms with E-state index < -0.39 is 8.07 Å². The number of nitrogens with one attached hydrogen (secondary N) is 2. The summed E-state index contributed by atoms with van der Waals surface area (Å²) in [5.41, 5.74) is 18.3. The predicted molar refractivity (Wildman–Crippen MR) is 205 cm³/mol. The molecule has 3 heterocycles. The fourth-order valence-corrected chi connectivity index (χ4v) is 11.0. The Morgan fingerprint density at radius 3 is 1.18 bits per heavy atom. The van der Waals surface area contributed by atoms with E-state index in [0.29, 0.717) is 0 Å². The van der Waals surface area contributed by atoms with Crippen LogP contribution in [0.5, 0.6) is 11.5 Å². The Morgan fingerprint density at radius 1 is 0.460 bits per heavy atom. The molecular weight excluding hydrogens is 633 g/mol. The molecule has 9 rings (SSSR count). The molecule has 0 atom stereocenters. The Morgan fingerprint density at radius 2 is 0.820 bits per heavy atom. The smallest absolute Gasteiger partial charge is 0.182 e. The van der Waals surface area contributed by atoms with Crippen LogP contribution >= 0.6 is 0 Å². The number of allylic oxidation sites excluding steroid dienone is 2. The molecule has 0 aromatic heterocycles. The number of benzene rings is 6. The zero-order valence-corrected chi connectivity index (χ0v) is 28.9. The predicted octanol–water partition coefficient (Wildman–Crippen LogP) is 10.6. The molecule has 0 fully saturated rings. The summed E-state index contributed by atoms with van der Waals surface area (Å²) in [6.45, 7) is 4.71. The molecular formula is C43H36N4O2Si. The molecule has 7 heteroatoms. The molecule has 6 aromatic rings. The van der Waals surface area contributed by atoms with Crippen molar-refractivity contribution in [2.45, 2.75) is 19.5 Å². The molecule has 2 N–H and O–H groups in total. The number of fused-ring (bicyclic) bond motifs is 2. The van der Waals surface area contributed by atoms with Crippen LogP contribution in [0.2, 0.25) is 12.6 Å². The zero-order valence-electron chi connectivity index (χ0n) is 27.9. The van der Waals surface area contributed by atoms with E-state index in [2.05, 4.69) is 170 Å². The van der Waals surface area contributed by atoms with Gasteiger partial charge in [-0.1, -0.05) is 147 Å². The molecule has 0 saturated carbocycles. The molecule has 6 nitrogen and oxygen atoms in total. The van der Waals surface area contributed by atoms with E-state index in [1.165, 1.54) is 0 Å². The van der Waals surface area contributed by atoms with Crippen LogP contribution in [0, 0.1) is 0 Å². The first-order valence-corrected chi connectivity index (χ1v) is 19.8. The molecule has 0 saturated heterocycles. The van der Waals surface area contributed by atoms with Gasteiger partial charge in [-0.2, -0.15) is 0 Å². The highest BCUT2D eigenvalue weighted by Gasteiger charge is 2.53. The van der Waals surface area contributed by atoms with Gasteiger partial charge in [-0.15, -0.1) is 10.3 Å². The molecule has 0 amide bonds. The van der Waals surface area contributed by atoms with Gasteiger partial charge in [0.25, 0.3) is 0 Å². The lowest BCUT2D eigenvalue weighted by Gasteiger charge is -2.35. The van der Waals surface area contributed by atoms with Crippen molar-refractivity contribution in [3.63, 3.8) is 0 Å². The monoisotopic (exact) mass is 668 g/mol. The first-order valence-electron chi connectivity index (χ1n) is 17.1. The van der Waals surface area contributed by atoms with E-state index in [9.17, 15) is 0 Å². The maximum absolute atomic E-state index is 6.75. The van der Waals surface area contributed by atoms with Gasteiger partial charge in [-0.05, 0) is 63.7 Å². The van der Waals surface area contributed by atoms with E-state index in [-0.39, 0.29) is 0 Å². The number of anilines is 2. The average molecular weight is 669 g/mol. The molecule has 244 valence electrons. The fourth-order valence-electron chi connectivity index (χ4n) is 7.34. The quantitative estimate of drug-likeness (QED) is 0.165. The Labute approximate surface area is 293 Å². The van der Waals surface area contributed by atoms with Gasteiger partial charge in [-0.25, -0.2) is 0 Å². The van der Waals surface area contributed by atoms with Crippen molar-refractivity contribution in [3.8, 4) is 33.8 Å². The number of hydrazine groups is 2. The van der Waals surface area contributed by atoms with Gasteiger partial charge in [-0.3, -0.25) is 10.9 Å². The minimum Gasteiger partial charge on any atom is -0.358 e. The van der Waals surface area contributed by atoms with Crippen molar-refractivity contribution < 1.29 is 9.68 Å². The third kappa shape index (κ3) is 4.93. The van der Waals surface area contributed by atoms with Crippen LogP contribution in [0.1, 0.15) is 18.1 Å². The number of rotatable bonds is 7. The molecule has 0 spiro atoms. The SMILES string of the molecule is CC[Si]1(C)C(N2Nc3cc(-c4ccccc4)ccc3O2)=C(c2ccccc2)C(c2ccccc2)=C1N1Nc2cc(-c3ccccc3)ccc2O1. The summed E-state index contributed by atoms with van der Waals surface area (Å²) in [6.07, 6.45) is 0. The van der Waals surface area contributed by atoms with Gasteiger partial charge >= 0.3 is 0 Å². The molecule has 6 aromatic carbocycles. The van der Waals surface area contributed by atoms with Crippen molar-refractivity contribution in [2.24, 2.45) is 0 Å². The highest BCUT2D eigenvalue weighted by Crippen LogP contribution is 2.54. The summed E-state index contributed by atoms with van der Waals surface area (Å²) in [6, 6.07) is 55.9. The van der Waals surface area contributed by atoms with E-state index in [1.807, 2.05) is 22.5 Å². The van der Waals surface area contributed by atoms with Crippen molar-refractivity contribution in [3.05, 3.63) is 179 Å². The summed E-state index contributed by atoms with van der Waals surface area (Å²) in [7, 11) is -2.64.